The molecular formula is C7H5NO6. The smallest absolute Gasteiger partial charge is 0.502 e. The quantitative estimate of drug-likeness (QED) is 0.322. The van der Waals surface area contributed by atoms with Crippen LogP contribution in [0.25, 0.3) is 0 Å². The molecule has 14 heavy (non-hydrogen) atoms. The molecule has 0 aromatic heterocycles. The van der Waals surface area contributed by atoms with Gasteiger partial charge < -0.3 is 14.9 Å². The number of carboxylic acid groups (broad SMARTS) is 1. The summed E-state index contributed by atoms with van der Waals surface area (Å²) in [6.45, 7) is 0. The number of phenolic OH excluding ortho intramolecular Hbond substituents is 1. The van der Waals surface area contributed by atoms with Crippen LogP contribution in [-0.2, 0) is 0 Å². The molecule has 0 spiro atoms. The highest BCUT2D eigenvalue weighted by Gasteiger charge is 2.14. The highest BCUT2D eigenvalue weighted by molar-refractivity contribution is 5.62. The third-order valence-electron chi connectivity index (χ3n) is 1.35. The van der Waals surface area contributed by atoms with Gasteiger partial charge in [-0.1, -0.05) is 0 Å². The minimum absolute atomic E-state index is 0.180. The van der Waals surface area contributed by atoms with E-state index in [0.29, 0.717) is 0 Å². The van der Waals surface area contributed by atoms with Crippen LogP contribution in [0.15, 0.2) is 18.2 Å². The van der Waals surface area contributed by atoms with Gasteiger partial charge in [0.2, 0.25) is 0 Å². The van der Waals surface area contributed by atoms with Crippen LogP contribution in [0, 0.1) is 10.1 Å². The first kappa shape index (κ1) is 9.78. The fourth-order valence-electron chi connectivity index (χ4n) is 0.822. The van der Waals surface area contributed by atoms with Gasteiger partial charge in [0.1, 0.15) is 5.75 Å². The van der Waals surface area contributed by atoms with Crippen LogP contribution in [0.2, 0.25) is 0 Å². The topological polar surface area (TPSA) is 110 Å². The lowest BCUT2D eigenvalue weighted by Crippen LogP contribution is -2.02. The van der Waals surface area contributed by atoms with Gasteiger partial charge in [-0.05, 0) is 6.07 Å². The zero-order valence-corrected chi connectivity index (χ0v) is 6.71. The number of phenols is 1. The van der Waals surface area contributed by atoms with Crippen molar-refractivity contribution in [3.8, 4) is 11.5 Å². The van der Waals surface area contributed by atoms with E-state index >= 15 is 0 Å². The number of hydrogen-bond acceptors (Lipinski definition) is 5. The molecule has 0 radical (unpaired) electrons. The van der Waals surface area contributed by atoms with Crippen LogP contribution < -0.4 is 4.74 Å². The van der Waals surface area contributed by atoms with E-state index in [4.69, 9.17) is 10.2 Å². The maximum Gasteiger partial charge on any atom is 0.511 e. The van der Waals surface area contributed by atoms with E-state index in [2.05, 4.69) is 4.74 Å². The first-order valence-electron chi connectivity index (χ1n) is 3.39. The number of nitrogens with zero attached hydrogens (tertiary/aromatic N) is 1. The largest absolute Gasteiger partial charge is 0.511 e. The van der Waals surface area contributed by atoms with Gasteiger partial charge in [0.25, 0.3) is 0 Å². The zero-order valence-electron chi connectivity index (χ0n) is 6.71. The summed E-state index contributed by atoms with van der Waals surface area (Å²) in [4.78, 5) is 19.5. The van der Waals surface area contributed by atoms with E-state index < -0.39 is 22.5 Å². The van der Waals surface area contributed by atoms with E-state index in [9.17, 15) is 14.9 Å². The van der Waals surface area contributed by atoms with Gasteiger partial charge in [-0.2, -0.15) is 0 Å². The van der Waals surface area contributed by atoms with Gasteiger partial charge in [-0.25, -0.2) is 4.79 Å². The number of nitro groups is 1. The number of benzene rings is 1. The first-order valence-corrected chi connectivity index (χ1v) is 3.39. The normalized spacial score (nSPS) is 9.43. The summed E-state index contributed by atoms with van der Waals surface area (Å²) in [5.41, 5.74) is -0.511. The van der Waals surface area contributed by atoms with Crippen molar-refractivity contribution in [1.29, 1.82) is 0 Å². The summed E-state index contributed by atoms with van der Waals surface area (Å²) in [7, 11) is 0. The molecule has 0 saturated carbocycles. The number of rotatable bonds is 2. The van der Waals surface area contributed by atoms with Crippen molar-refractivity contribution in [1.82, 2.24) is 0 Å². The van der Waals surface area contributed by atoms with Crippen molar-refractivity contribution in [2.24, 2.45) is 0 Å². The highest BCUT2D eigenvalue weighted by Crippen LogP contribution is 2.29. The SMILES string of the molecule is O=C(O)Oc1ccc([N+](=O)[O-])c(O)c1. The Morgan fingerprint density at radius 2 is 2.14 bits per heavy atom. The Hall–Kier alpha value is -2.31. The van der Waals surface area contributed by atoms with Crippen molar-refractivity contribution in [3.63, 3.8) is 0 Å². The maximum atomic E-state index is 10.2. The fourth-order valence-corrected chi connectivity index (χ4v) is 0.822. The van der Waals surface area contributed by atoms with Crippen LogP contribution in [0.3, 0.4) is 0 Å². The molecule has 0 bridgehead atoms. The molecule has 0 unspecified atom stereocenters. The minimum Gasteiger partial charge on any atom is -0.502 e. The van der Waals surface area contributed by atoms with Crippen molar-refractivity contribution < 1.29 is 24.7 Å². The average molecular weight is 199 g/mol. The molecule has 1 aromatic rings. The number of hydrogen-bond donors (Lipinski definition) is 2. The van der Waals surface area contributed by atoms with E-state index in [-0.39, 0.29) is 5.75 Å². The molecule has 7 heteroatoms. The van der Waals surface area contributed by atoms with Gasteiger partial charge in [-0.15, -0.1) is 0 Å². The second-order valence-electron chi connectivity index (χ2n) is 2.28. The Balaban J connectivity index is 3.00. The second-order valence-corrected chi connectivity index (χ2v) is 2.28. The predicted molar refractivity (Wildman–Crippen MR) is 43.4 cm³/mol. The van der Waals surface area contributed by atoms with Crippen LogP contribution in [0.4, 0.5) is 10.5 Å². The van der Waals surface area contributed by atoms with Crippen LogP contribution in [0.5, 0.6) is 11.5 Å². The summed E-state index contributed by atoms with van der Waals surface area (Å²) < 4.78 is 4.16. The summed E-state index contributed by atoms with van der Waals surface area (Å²) in [5, 5.41) is 27.5. The van der Waals surface area contributed by atoms with Gasteiger partial charge in [0, 0.05) is 12.1 Å². The molecule has 0 aliphatic heterocycles. The third-order valence-corrected chi connectivity index (χ3v) is 1.35. The van der Waals surface area contributed by atoms with Crippen LogP contribution >= 0.6 is 0 Å². The van der Waals surface area contributed by atoms with E-state index in [0.717, 1.165) is 18.2 Å². The van der Waals surface area contributed by atoms with E-state index in [1.54, 1.807) is 0 Å². The molecule has 1 rings (SSSR count). The molecular weight excluding hydrogens is 194 g/mol. The highest BCUT2D eigenvalue weighted by atomic mass is 16.7. The number of nitro benzene ring substituents is 1. The Morgan fingerprint density at radius 3 is 2.57 bits per heavy atom. The molecule has 0 atom stereocenters. The minimum atomic E-state index is -1.56. The molecule has 0 saturated heterocycles. The summed E-state index contributed by atoms with van der Waals surface area (Å²) in [6, 6.07) is 2.88. The standard InChI is InChI=1S/C7H5NO6/c9-6-3-4(14-7(10)11)1-2-5(6)8(12)13/h1-3,9H,(H,10,11). The summed E-state index contributed by atoms with van der Waals surface area (Å²) in [5.74, 6) is -0.825. The second kappa shape index (κ2) is 3.60. The van der Waals surface area contributed by atoms with Gasteiger partial charge >= 0.3 is 11.8 Å². The lowest BCUT2D eigenvalue weighted by Gasteiger charge is -2.00. The number of carbonyl (C=O) groups is 1. The van der Waals surface area contributed by atoms with E-state index in [1.165, 1.54) is 0 Å². The van der Waals surface area contributed by atoms with Crippen molar-refractivity contribution in [2.75, 3.05) is 0 Å². The van der Waals surface area contributed by atoms with Crippen molar-refractivity contribution >= 4 is 11.8 Å². The number of ether oxygens (including phenoxy) is 1. The monoisotopic (exact) mass is 199 g/mol. The molecule has 0 amide bonds. The first-order chi connectivity index (χ1) is 6.50. The van der Waals surface area contributed by atoms with Crippen LogP contribution in [-0.4, -0.2) is 21.3 Å². The number of aromatic hydroxyl groups is 1. The van der Waals surface area contributed by atoms with Gasteiger partial charge in [-0.3, -0.25) is 10.1 Å². The molecule has 7 nitrogen and oxygen atoms in total. The Morgan fingerprint density at radius 1 is 1.50 bits per heavy atom. The lowest BCUT2D eigenvalue weighted by molar-refractivity contribution is -0.385. The average Bonchev–Trinajstić information content (AvgIpc) is 2.01. The van der Waals surface area contributed by atoms with Gasteiger partial charge in [0.15, 0.2) is 5.75 Å². The Bertz CT molecular complexity index is 388. The zero-order chi connectivity index (χ0) is 10.7. The van der Waals surface area contributed by atoms with Crippen molar-refractivity contribution in [3.05, 3.63) is 28.3 Å². The molecule has 0 heterocycles. The molecule has 0 aliphatic carbocycles. The summed E-state index contributed by atoms with van der Waals surface area (Å²) in [6.07, 6.45) is -1.56. The lowest BCUT2D eigenvalue weighted by atomic mass is 10.3. The summed E-state index contributed by atoms with van der Waals surface area (Å²) >= 11 is 0. The van der Waals surface area contributed by atoms with Crippen LogP contribution in [0.1, 0.15) is 0 Å². The fraction of sp³-hybridized carbons (Fsp3) is 0. The van der Waals surface area contributed by atoms with E-state index in [1.807, 2.05) is 0 Å². The third kappa shape index (κ3) is 2.09. The molecule has 0 fully saturated rings. The van der Waals surface area contributed by atoms with Gasteiger partial charge in [0.05, 0.1) is 4.92 Å². The molecule has 0 aliphatic rings. The molecule has 2 N–H and O–H groups in total. The predicted octanol–water partition coefficient (Wildman–Crippen LogP) is 1.36. The molecule has 1 aromatic carbocycles. The Kier molecular flexibility index (Phi) is 2.52. The molecule has 74 valence electrons. The Labute approximate surface area is 77.3 Å². The maximum absolute atomic E-state index is 10.2. The van der Waals surface area contributed by atoms with Crippen molar-refractivity contribution in [2.45, 2.75) is 0 Å².